The summed E-state index contributed by atoms with van der Waals surface area (Å²) >= 11 is 5.66. The molecule has 0 amide bonds. The largest absolute Gasteiger partial charge is 0.364 e. The Balaban J connectivity index is 1.78. The highest BCUT2D eigenvalue weighted by Crippen LogP contribution is 2.24. The Morgan fingerprint density at radius 2 is 1.89 bits per heavy atom. The predicted molar refractivity (Wildman–Crippen MR) is 68.3 cm³/mol. The van der Waals surface area contributed by atoms with Crippen molar-refractivity contribution in [3.8, 4) is 0 Å². The third-order valence-corrected chi connectivity index (χ3v) is 3.29. The summed E-state index contributed by atoms with van der Waals surface area (Å²) in [5, 5.41) is 3.14. The molecular weight excluding hydrogens is 253 g/mol. The summed E-state index contributed by atoms with van der Waals surface area (Å²) in [6.45, 7) is 0. The second-order valence-corrected chi connectivity index (χ2v) is 4.69. The van der Waals surface area contributed by atoms with Gasteiger partial charge in [0.15, 0.2) is 11.6 Å². The van der Waals surface area contributed by atoms with E-state index in [0.29, 0.717) is 0 Å². The van der Waals surface area contributed by atoms with Crippen LogP contribution in [0, 0.1) is 5.82 Å². The zero-order valence-electron chi connectivity index (χ0n) is 9.53. The zero-order chi connectivity index (χ0) is 12.5. The first-order valence-electron chi connectivity index (χ1n) is 5.74. The monoisotopic (exact) mass is 263 g/mol. The van der Waals surface area contributed by atoms with Crippen LogP contribution in [-0.2, 0) is 12.8 Å². The molecule has 0 saturated carbocycles. The molecule has 92 valence electrons. The molecule has 5 heteroatoms. The van der Waals surface area contributed by atoms with Crippen LogP contribution < -0.4 is 5.32 Å². The third-order valence-electron chi connectivity index (χ3n) is 3.11. The molecule has 0 bridgehead atoms. The highest BCUT2D eigenvalue weighted by Gasteiger charge is 2.22. The van der Waals surface area contributed by atoms with Crippen molar-refractivity contribution >= 4 is 17.4 Å². The van der Waals surface area contributed by atoms with Crippen molar-refractivity contribution in [2.75, 3.05) is 5.32 Å². The first kappa shape index (κ1) is 11.4. The Hall–Kier alpha value is -1.68. The van der Waals surface area contributed by atoms with Crippen molar-refractivity contribution in [3.05, 3.63) is 52.7 Å². The summed E-state index contributed by atoms with van der Waals surface area (Å²) < 4.78 is 13.5. The van der Waals surface area contributed by atoms with Gasteiger partial charge in [0.25, 0.3) is 0 Å². The number of aromatic nitrogens is 2. The van der Waals surface area contributed by atoms with Gasteiger partial charge >= 0.3 is 0 Å². The minimum Gasteiger partial charge on any atom is -0.364 e. The number of fused-ring (bicyclic) bond motifs is 1. The van der Waals surface area contributed by atoms with Crippen LogP contribution >= 0.6 is 11.6 Å². The third kappa shape index (κ3) is 2.16. The van der Waals surface area contributed by atoms with Gasteiger partial charge in [-0.15, -0.1) is 0 Å². The van der Waals surface area contributed by atoms with Gasteiger partial charge < -0.3 is 5.32 Å². The molecule has 0 radical (unpaired) electrons. The van der Waals surface area contributed by atoms with Crippen LogP contribution in [0.2, 0.25) is 5.28 Å². The fourth-order valence-corrected chi connectivity index (χ4v) is 2.43. The van der Waals surface area contributed by atoms with Gasteiger partial charge in [-0.25, -0.2) is 9.37 Å². The molecule has 1 aliphatic rings. The molecule has 0 fully saturated rings. The molecule has 2 aromatic rings. The fraction of sp³-hybridized carbons (Fsp3) is 0.231. The van der Waals surface area contributed by atoms with Gasteiger partial charge in [0, 0.05) is 6.04 Å². The number of halogens is 2. The molecule has 18 heavy (non-hydrogen) atoms. The highest BCUT2D eigenvalue weighted by molar-refractivity contribution is 6.28. The van der Waals surface area contributed by atoms with Gasteiger partial charge in [0.2, 0.25) is 5.28 Å². The summed E-state index contributed by atoms with van der Waals surface area (Å²) in [6.07, 6.45) is 2.83. The summed E-state index contributed by atoms with van der Waals surface area (Å²) in [6, 6.07) is 8.38. The maximum atomic E-state index is 13.5. The molecule has 0 unspecified atom stereocenters. The van der Waals surface area contributed by atoms with Crippen molar-refractivity contribution in [1.29, 1.82) is 0 Å². The van der Waals surface area contributed by atoms with Crippen molar-refractivity contribution in [2.24, 2.45) is 0 Å². The zero-order valence-corrected chi connectivity index (χ0v) is 10.3. The number of rotatable bonds is 2. The summed E-state index contributed by atoms with van der Waals surface area (Å²) in [7, 11) is 0. The molecule has 0 saturated heterocycles. The Morgan fingerprint density at radius 1 is 1.22 bits per heavy atom. The standard InChI is InChI=1S/C13H11ClFN3/c14-13-16-7-11(15)12(18-13)17-10-5-8-3-1-2-4-9(8)6-10/h1-4,7,10H,5-6H2,(H,16,17,18). The number of benzene rings is 1. The number of anilines is 1. The van der Waals surface area contributed by atoms with Crippen LogP contribution in [-0.4, -0.2) is 16.0 Å². The number of hydrogen-bond acceptors (Lipinski definition) is 3. The molecule has 3 rings (SSSR count). The molecule has 1 aromatic heterocycles. The molecule has 1 aromatic carbocycles. The maximum Gasteiger partial charge on any atom is 0.224 e. The van der Waals surface area contributed by atoms with Crippen molar-refractivity contribution in [3.63, 3.8) is 0 Å². The molecule has 0 atom stereocenters. The smallest absolute Gasteiger partial charge is 0.224 e. The normalized spacial score (nSPS) is 14.6. The SMILES string of the molecule is Fc1cnc(Cl)nc1NC1Cc2ccccc2C1. The Morgan fingerprint density at radius 3 is 2.56 bits per heavy atom. The highest BCUT2D eigenvalue weighted by atomic mass is 35.5. The molecular formula is C13H11ClFN3. The molecule has 0 spiro atoms. The molecule has 1 heterocycles. The van der Waals surface area contributed by atoms with Crippen molar-refractivity contribution in [2.45, 2.75) is 18.9 Å². The van der Waals surface area contributed by atoms with Gasteiger partial charge in [-0.1, -0.05) is 24.3 Å². The van der Waals surface area contributed by atoms with Crippen molar-refractivity contribution < 1.29 is 4.39 Å². The van der Waals surface area contributed by atoms with Gasteiger partial charge in [0.05, 0.1) is 6.20 Å². The van der Waals surface area contributed by atoms with E-state index in [2.05, 4.69) is 27.4 Å². The summed E-state index contributed by atoms with van der Waals surface area (Å²) in [5.74, 6) is -0.303. The van der Waals surface area contributed by atoms with Crippen LogP contribution in [0.4, 0.5) is 10.2 Å². The first-order chi connectivity index (χ1) is 8.72. The topological polar surface area (TPSA) is 37.8 Å². The van der Waals surface area contributed by atoms with E-state index < -0.39 is 5.82 Å². The van der Waals surface area contributed by atoms with E-state index in [1.165, 1.54) is 11.1 Å². The lowest BCUT2D eigenvalue weighted by Gasteiger charge is -2.12. The second-order valence-electron chi connectivity index (χ2n) is 4.35. The van der Waals surface area contributed by atoms with E-state index in [4.69, 9.17) is 11.6 Å². The number of nitrogens with one attached hydrogen (secondary N) is 1. The minimum atomic E-state index is -0.477. The Labute approximate surface area is 109 Å². The number of hydrogen-bond donors (Lipinski definition) is 1. The minimum absolute atomic E-state index is 0.0504. The Kier molecular flexibility index (Phi) is 2.88. The predicted octanol–water partition coefficient (Wildman–Crippen LogP) is 2.85. The maximum absolute atomic E-state index is 13.5. The molecule has 1 aliphatic carbocycles. The van der Waals surface area contributed by atoms with E-state index in [0.717, 1.165) is 19.0 Å². The van der Waals surface area contributed by atoms with Crippen LogP contribution in [0.5, 0.6) is 0 Å². The fourth-order valence-electron chi connectivity index (χ4n) is 2.30. The van der Waals surface area contributed by atoms with E-state index in [1.807, 2.05) is 12.1 Å². The molecule has 1 N–H and O–H groups in total. The lowest BCUT2D eigenvalue weighted by atomic mass is 10.1. The van der Waals surface area contributed by atoms with E-state index in [9.17, 15) is 4.39 Å². The first-order valence-corrected chi connectivity index (χ1v) is 6.11. The van der Waals surface area contributed by atoms with E-state index >= 15 is 0 Å². The molecule has 3 nitrogen and oxygen atoms in total. The lowest BCUT2D eigenvalue weighted by Crippen LogP contribution is -2.21. The van der Waals surface area contributed by atoms with E-state index in [1.54, 1.807) is 0 Å². The van der Waals surface area contributed by atoms with Gasteiger partial charge in [-0.2, -0.15) is 4.98 Å². The number of nitrogens with zero attached hydrogens (tertiary/aromatic N) is 2. The van der Waals surface area contributed by atoms with Crippen LogP contribution in [0.1, 0.15) is 11.1 Å². The van der Waals surface area contributed by atoms with Gasteiger partial charge in [-0.3, -0.25) is 0 Å². The van der Waals surface area contributed by atoms with Crippen LogP contribution in [0.3, 0.4) is 0 Å². The molecule has 0 aliphatic heterocycles. The van der Waals surface area contributed by atoms with E-state index in [-0.39, 0.29) is 17.1 Å². The average molecular weight is 264 g/mol. The second kappa shape index (κ2) is 4.53. The Bertz CT molecular complexity index is 563. The summed E-state index contributed by atoms with van der Waals surface area (Å²) in [5.41, 5.74) is 2.60. The quantitative estimate of drug-likeness (QED) is 0.847. The van der Waals surface area contributed by atoms with Crippen LogP contribution in [0.15, 0.2) is 30.5 Å². The lowest BCUT2D eigenvalue weighted by molar-refractivity contribution is 0.611. The van der Waals surface area contributed by atoms with Gasteiger partial charge in [0.1, 0.15) is 0 Å². The van der Waals surface area contributed by atoms with Gasteiger partial charge in [-0.05, 0) is 35.6 Å². The van der Waals surface area contributed by atoms with Crippen LogP contribution in [0.25, 0.3) is 0 Å². The average Bonchev–Trinajstić information content (AvgIpc) is 2.76. The summed E-state index contributed by atoms with van der Waals surface area (Å²) in [4.78, 5) is 7.46. The van der Waals surface area contributed by atoms with Crippen molar-refractivity contribution in [1.82, 2.24) is 9.97 Å².